The zero-order valence-corrected chi connectivity index (χ0v) is 13.0. The summed E-state index contributed by atoms with van der Waals surface area (Å²) in [5.74, 6) is 0.344. The number of nitrogens with two attached hydrogens (primary N) is 1. The van der Waals surface area contributed by atoms with Crippen LogP contribution in [0.15, 0.2) is 18.2 Å². The second-order valence-corrected chi connectivity index (χ2v) is 5.63. The second kappa shape index (κ2) is 8.35. The van der Waals surface area contributed by atoms with Gasteiger partial charge < -0.3 is 10.5 Å². The fourth-order valence-electron chi connectivity index (χ4n) is 2.54. The fraction of sp³-hybridized carbons (Fsp3) is 0.625. The molecule has 0 aliphatic rings. The Balaban J connectivity index is 2.98. The van der Waals surface area contributed by atoms with Crippen molar-refractivity contribution in [3.05, 3.63) is 35.1 Å². The van der Waals surface area contributed by atoms with E-state index in [1.54, 1.807) is 13.2 Å². The van der Waals surface area contributed by atoms with Gasteiger partial charge in [0, 0.05) is 32.8 Å². The Morgan fingerprint density at radius 2 is 2.05 bits per heavy atom. The van der Waals surface area contributed by atoms with Gasteiger partial charge in [0.2, 0.25) is 0 Å². The van der Waals surface area contributed by atoms with Crippen LogP contribution in [-0.2, 0) is 4.74 Å². The summed E-state index contributed by atoms with van der Waals surface area (Å²) in [4.78, 5) is 2.33. The molecule has 1 atom stereocenters. The van der Waals surface area contributed by atoms with Crippen LogP contribution in [0, 0.1) is 18.7 Å². The van der Waals surface area contributed by atoms with Gasteiger partial charge in [-0.25, -0.2) is 4.39 Å². The average molecular weight is 282 g/mol. The monoisotopic (exact) mass is 282 g/mol. The predicted octanol–water partition coefficient (Wildman–Crippen LogP) is 2.74. The largest absolute Gasteiger partial charge is 0.383 e. The SMILES string of the molecule is COCCN(CC(C)C)C(CN)c1ccc(F)cc1C. The van der Waals surface area contributed by atoms with Crippen molar-refractivity contribution in [3.63, 3.8) is 0 Å². The van der Waals surface area contributed by atoms with Crippen molar-refractivity contribution in [1.29, 1.82) is 0 Å². The molecule has 1 rings (SSSR count). The van der Waals surface area contributed by atoms with Gasteiger partial charge in [-0.05, 0) is 36.1 Å². The van der Waals surface area contributed by atoms with Crippen molar-refractivity contribution in [1.82, 2.24) is 4.90 Å². The summed E-state index contributed by atoms with van der Waals surface area (Å²) in [7, 11) is 1.70. The van der Waals surface area contributed by atoms with Crippen molar-refractivity contribution in [2.24, 2.45) is 11.7 Å². The van der Waals surface area contributed by atoms with Gasteiger partial charge in [-0.2, -0.15) is 0 Å². The van der Waals surface area contributed by atoms with Crippen LogP contribution < -0.4 is 5.73 Å². The molecule has 0 amide bonds. The fourth-order valence-corrected chi connectivity index (χ4v) is 2.54. The molecule has 0 aromatic heterocycles. The first kappa shape index (κ1) is 17.1. The number of hydrogen-bond donors (Lipinski definition) is 1. The van der Waals surface area contributed by atoms with Crippen molar-refractivity contribution in [2.75, 3.05) is 33.4 Å². The van der Waals surface area contributed by atoms with Crippen LogP contribution in [0.3, 0.4) is 0 Å². The molecule has 0 spiro atoms. The molecule has 2 N–H and O–H groups in total. The zero-order valence-electron chi connectivity index (χ0n) is 13.0. The Labute approximate surface area is 121 Å². The summed E-state index contributed by atoms with van der Waals surface area (Å²) < 4.78 is 18.5. The van der Waals surface area contributed by atoms with Crippen LogP contribution in [0.1, 0.15) is 31.0 Å². The zero-order chi connectivity index (χ0) is 15.1. The highest BCUT2D eigenvalue weighted by molar-refractivity contribution is 5.30. The predicted molar refractivity (Wildman–Crippen MR) is 81.2 cm³/mol. The van der Waals surface area contributed by atoms with E-state index < -0.39 is 0 Å². The third kappa shape index (κ3) is 4.85. The Morgan fingerprint density at radius 1 is 1.35 bits per heavy atom. The molecule has 0 heterocycles. The van der Waals surface area contributed by atoms with Crippen molar-refractivity contribution in [2.45, 2.75) is 26.8 Å². The summed E-state index contributed by atoms with van der Waals surface area (Å²) in [6.07, 6.45) is 0. The first-order valence-electron chi connectivity index (χ1n) is 7.18. The summed E-state index contributed by atoms with van der Waals surface area (Å²) >= 11 is 0. The molecule has 20 heavy (non-hydrogen) atoms. The molecule has 0 saturated carbocycles. The lowest BCUT2D eigenvalue weighted by Gasteiger charge is -2.33. The Hall–Kier alpha value is -0.970. The quantitative estimate of drug-likeness (QED) is 0.797. The molecule has 1 aromatic rings. The Bertz CT molecular complexity index is 409. The number of halogens is 1. The molecule has 0 radical (unpaired) electrons. The van der Waals surface area contributed by atoms with E-state index in [0.29, 0.717) is 19.1 Å². The number of aryl methyl sites for hydroxylation is 1. The minimum Gasteiger partial charge on any atom is -0.383 e. The van der Waals surface area contributed by atoms with Crippen molar-refractivity contribution < 1.29 is 9.13 Å². The first-order chi connectivity index (χ1) is 9.49. The molecule has 114 valence electrons. The van der Waals surface area contributed by atoms with E-state index in [1.807, 2.05) is 13.0 Å². The van der Waals surface area contributed by atoms with Gasteiger partial charge in [-0.15, -0.1) is 0 Å². The van der Waals surface area contributed by atoms with Crippen LogP contribution in [0.4, 0.5) is 4.39 Å². The van der Waals surface area contributed by atoms with E-state index in [4.69, 9.17) is 10.5 Å². The molecule has 1 aromatic carbocycles. The Morgan fingerprint density at radius 3 is 2.55 bits per heavy atom. The van der Waals surface area contributed by atoms with Crippen LogP contribution in [0.25, 0.3) is 0 Å². The lowest BCUT2D eigenvalue weighted by Crippen LogP contribution is -2.38. The van der Waals surface area contributed by atoms with Gasteiger partial charge in [0.15, 0.2) is 0 Å². The number of rotatable bonds is 8. The number of methoxy groups -OCH3 is 1. The van der Waals surface area contributed by atoms with Gasteiger partial charge in [0.1, 0.15) is 5.82 Å². The van der Waals surface area contributed by atoms with Crippen LogP contribution >= 0.6 is 0 Å². The maximum Gasteiger partial charge on any atom is 0.123 e. The van der Waals surface area contributed by atoms with E-state index in [1.165, 1.54) is 6.07 Å². The topological polar surface area (TPSA) is 38.5 Å². The third-order valence-corrected chi connectivity index (χ3v) is 3.44. The number of ether oxygens (including phenoxy) is 1. The molecule has 3 nitrogen and oxygen atoms in total. The third-order valence-electron chi connectivity index (χ3n) is 3.44. The van der Waals surface area contributed by atoms with Crippen LogP contribution in [0.5, 0.6) is 0 Å². The lowest BCUT2D eigenvalue weighted by atomic mass is 9.98. The normalized spacial score (nSPS) is 13.2. The summed E-state index contributed by atoms with van der Waals surface area (Å²) in [6, 6.07) is 5.03. The second-order valence-electron chi connectivity index (χ2n) is 5.63. The van der Waals surface area contributed by atoms with Gasteiger partial charge >= 0.3 is 0 Å². The van der Waals surface area contributed by atoms with Gasteiger partial charge in [0.05, 0.1) is 6.61 Å². The molecule has 0 aliphatic heterocycles. The molecular formula is C16H27FN2O. The van der Waals surface area contributed by atoms with Crippen molar-refractivity contribution >= 4 is 0 Å². The molecule has 0 bridgehead atoms. The average Bonchev–Trinajstić information content (AvgIpc) is 2.38. The minimum absolute atomic E-state index is 0.105. The summed E-state index contributed by atoms with van der Waals surface area (Å²) in [6.45, 7) is 9.27. The molecule has 0 aliphatic carbocycles. The van der Waals surface area contributed by atoms with Crippen LogP contribution in [-0.4, -0.2) is 38.3 Å². The lowest BCUT2D eigenvalue weighted by molar-refractivity contribution is 0.111. The van der Waals surface area contributed by atoms with Gasteiger partial charge in [0.25, 0.3) is 0 Å². The number of nitrogens with zero attached hydrogens (tertiary/aromatic N) is 1. The summed E-state index contributed by atoms with van der Waals surface area (Å²) in [5, 5.41) is 0. The molecular weight excluding hydrogens is 255 g/mol. The highest BCUT2D eigenvalue weighted by atomic mass is 19.1. The minimum atomic E-state index is -0.200. The van der Waals surface area contributed by atoms with Crippen molar-refractivity contribution in [3.8, 4) is 0 Å². The standard InChI is InChI=1S/C16H27FN2O/c1-12(2)11-19(7-8-20-4)16(10-18)15-6-5-14(17)9-13(15)3/h5-6,9,12,16H,7-8,10-11,18H2,1-4H3. The van der Waals surface area contributed by atoms with Crippen LogP contribution in [0.2, 0.25) is 0 Å². The molecule has 0 saturated heterocycles. The maximum absolute atomic E-state index is 13.3. The van der Waals surface area contributed by atoms with Gasteiger partial charge in [-0.3, -0.25) is 4.90 Å². The van der Waals surface area contributed by atoms with Gasteiger partial charge in [-0.1, -0.05) is 19.9 Å². The van der Waals surface area contributed by atoms with E-state index in [2.05, 4.69) is 18.7 Å². The van der Waals surface area contributed by atoms with E-state index in [9.17, 15) is 4.39 Å². The molecule has 0 fully saturated rings. The summed E-state index contributed by atoms with van der Waals surface area (Å²) in [5.41, 5.74) is 8.04. The van der Waals surface area contributed by atoms with E-state index >= 15 is 0 Å². The van der Waals surface area contributed by atoms with E-state index in [0.717, 1.165) is 24.2 Å². The number of benzene rings is 1. The molecule has 1 unspecified atom stereocenters. The number of hydrogen-bond acceptors (Lipinski definition) is 3. The smallest absolute Gasteiger partial charge is 0.123 e. The maximum atomic E-state index is 13.3. The Kier molecular flexibility index (Phi) is 7.13. The molecule has 4 heteroatoms. The first-order valence-corrected chi connectivity index (χ1v) is 7.18. The highest BCUT2D eigenvalue weighted by Gasteiger charge is 2.21. The highest BCUT2D eigenvalue weighted by Crippen LogP contribution is 2.24. The van der Waals surface area contributed by atoms with E-state index in [-0.39, 0.29) is 11.9 Å².